The smallest absolute Gasteiger partial charge is 0.264 e. The highest BCUT2D eigenvalue weighted by Gasteiger charge is 2.44. The molecule has 2 aliphatic rings. The van der Waals surface area contributed by atoms with E-state index in [1.807, 2.05) is 18.2 Å². The van der Waals surface area contributed by atoms with E-state index in [1.165, 1.54) is 11.1 Å². The topological polar surface area (TPSA) is 115 Å². The predicted octanol–water partition coefficient (Wildman–Crippen LogP) is 6.40. The monoisotopic (exact) mass is 679 g/mol. The predicted molar refractivity (Wildman–Crippen MR) is 172 cm³/mol. The summed E-state index contributed by atoms with van der Waals surface area (Å²) in [6.07, 6.45) is 8.26. The second-order valence-corrected chi connectivity index (χ2v) is 16.1. The molecule has 2 aromatic carbocycles. The van der Waals surface area contributed by atoms with E-state index in [2.05, 4.69) is 95.6 Å². The van der Waals surface area contributed by atoms with Gasteiger partial charge in [-0.15, -0.1) is 0 Å². The molecule has 228 valence electrons. The molecule has 0 atom stereocenters. The van der Waals surface area contributed by atoms with Gasteiger partial charge in [0.05, 0.1) is 16.9 Å². The number of halogens is 1. The molecule has 2 heterocycles. The van der Waals surface area contributed by atoms with Crippen LogP contribution in [0.3, 0.4) is 0 Å². The van der Waals surface area contributed by atoms with Gasteiger partial charge in [-0.25, -0.2) is 0 Å². The minimum atomic E-state index is -4.00. The van der Waals surface area contributed by atoms with E-state index in [0.29, 0.717) is 38.8 Å². The fraction of sp³-hybridized carbons (Fsp3) is 0.452. The highest BCUT2D eigenvalue weighted by Crippen LogP contribution is 2.48. The summed E-state index contributed by atoms with van der Waals surface area (Å²) in [6, 6.07) is 14.5. The Morgan fingerprint density at radius 2 is 1.50 bits per heavy atom. The second kappa shape index (κ2) is 12.4. The normalized spacial score (nSPS) is 18.7. The van der Waals surface area contributed by atoms with Gasteiger partial charge in [0.15, 0.2) is 5.71 Å². The van der Waals surface area contributed by atoms with Crippen LogP contribution in [0.5, 0.6) is 0 Å². The first-order chi connectivity index (χ1) is 19.5. The fourth-order valence-corrected chi connectivity index (χ4v) is 7.61. The lowest BCUT2D eigenvalue weighted by molar-refractivity contribution is -0.438. The maximum atomic E-state index is 11.3. The Balaban J connectivity index is 1.67. The summed E-state index contributed by atoms with van der Waals surface area (Å²) < 4.78 is 66.6. The van der Waals surface area contributed by atoms with E-state index in [9.17, 15) is 21.4 Å². The van der Waals surface area contributed by atoms with Gasteiger partial charge >= 0.3 is 0 Å². The van der Waals surface area contributed by atoms with Crippen molar-refractivity contribution in [2.24, 2.45) is 0 Å². The van der Waals surface area contributed by atoms with Gasteiger partial charge in [0.1, 0.15) is 6.54 Å². The molecule has 0 saturated heterocycles. The molecule has 8 nitrogen and oxygen atoms in total. The summed E-state index contributed by atoms with van der Waals surface area (Å²) in [4.78, 5) is 2.24. The maximum Gasteiger partial charge on any atom is 0.264 e. The van der Waals surface area contributed by atoms with E-state index in [1.54, 1.807) is 0 Å². The van der Waals surface area contributed by atoms with Gasteiger partial charge in [-0.05, 0) is 62.9 Å². The van der Waals surface area contributed by atoms with Crippen LogP contribution < -0.4 is 4.90 Å². The first-order valence-electron chi connectivity index (χ1n) is 14.1. The van der Waals surface area contributed by atoms with Gasteiger partial charge in [0, 0.05) is 51.9 Å². The quantitative estimate of drug-likeness (QED) is 0.152. The van der Waals surface area contributed by atoms with E-state index >= 15 is 0 Å². The Kier molecular flexibility index (Phi) is 9.59. The molecule has 0 fully saturated rings. The van der Waals surface area contributed by atoms with Crippen molar-refractivity contribution >= 4 is 53.3 Å². The summed E-state index contributed by atoms with van der Waals surface area (Å²) in [7, 11) is -8.00. The van der Waals surface area contributed by atoms with Crippen LogP contribution in [-0.2, 0) is 31.1 Å². The second-order valence-electron chi connectivity index (χ2n) is 12.0. The van der Waals surface area contributed by atoms with Gasteiger partial charge in [-0.2, -0.15) is 21.4 Å². The minimum absolute atomic E-state index is 0.255. The number of anilines is 1. The lowest BCUT2D eigenvalue weighted by atomic mass is 9.81. The molecule has 2 aromatic rings. The molecule has 0 aromatic heterocycles. The summed E-state index contributed by atoms with van der Waals surface area (Å²) in [5, 5.41) is 0. The van der Waals surface area contributed by atoms with E-state index in [0.717, 1.165) is 27.3 Å². The lowest BCUT2D eigenvalue weighted by Crippen LogP contribution is -2.28. The van der Waals surface area contributed by atoms with Crippen LogP contribution >= 0.6 is 15.9 Å². The molecule has 0 bridgehead atoms. The third kappa shape index (κ3) is 7.24. The summed E-state index contributed by atoms with van der Waals surface area (Å²) >= 11 is 3.61. The summed E-state index contributed by atoms with van der Waals surface area (Å²) in [5.74, 6) is -0.514. The van der Waals surface area contributed by atoms with E-state index in [-0.39, 0.29) is 22.3 Å². The first-order valence-corrected chi connectivity index (χ1v) is 18.1. The molecule has 0 spiro atoms. The van der Waals surface area contributed by atoms with Crippen LogP contribution in [0.15, 0.2) is 70.9 Å². The number of nitrogens with zero attached hydrogens (tertiary/aromatic N) is 2. The van der Waals surface area contributed by atoms with Crippen molar-refractivity contribution in [2.45, 2.75) is 64.2 Å². The standard InChI is InChI=1S/C31H39BrN2O6S2/c1-30(2)24-12-5-6-13-26(24)33(18-7-9-20-41(35,36)37)28(30)14-11-15-29-31(3,4)25-22-23(32)16-17-27(25)34(29)19-8-10-21-42(38,39)40/h5-6,11-17,22H,7-10,18-21H2,1-4H3,(H-,35,36,37,38,39,40)/p+1. The Bertz CT molecular complexity index is 1660. The molecule has 0 aliphatic carbocycles. The third-order valence-electron chi connectivity index (χ3n) is 8.23. The minimum Gasteiger partial charge on any atom is -0.344 e. The lowest BCUT2D eigenvalue weighted by Gasteiger charge is -2.27. The average Bonchev–Trinajstić information content (AvgIpc) is 3.22. The van der Waals surface area contributed by atoms with Gasteiger partial charge in [-0.3, -0.25) is 9.11 Å². The zero-order valence-corrected chi connectivity index (χ0v) is 27.8. The maximum absolute atomic E-state index is 11.3. The molecular formula is C31H40BrN2O6S2+. The molecule has 0 saturated carbocycles. The largest absolute Gasteiger partial charge is 0.344 e. The van der Waals surface area contributed by atoms with Crippen LogP contribution in [0.4, 0.5) is 11.4 Å². The first kappa shape index (κ1) is 32.6. The molecule has 42 heavy (non-hydrogen) atoms. The van der Waals surface area contributed by atoms with Gasteiger partial charge < -0.3 is 4.90 Å². The Labute approximate surface area is 258 Å². The van der Waals surface area contributed by atoms with Gasteiger partial charge in [0.2, 0.25) is 5.69 Å². The van der Waals surface area contributed by atoms with Crippen LogP contribution in [0.1, 0.15) is 64.5 Å². The van der Waals surface area contributed by atoms with Crippen molar-refractivity contribution in [3.8, 4) is 0 Å². The highest BCUT2D eigenvalue weighted by atomic mass is 79.9. The zero-order valence-electron chi connectivity index (χ0n) is 24.5. The fourth-order valence-electron chi connectivity index (χ4n) is 6.11. The van der Waals surface area contributed by atoms with Crippen LogP contribution in [0.2, 0.25) is 0 Å². The number of allylic oxidation sites excluding steroid dienone is 4. The van der Waals surface area contributed by atoms with Crippen molar-refractivity contribution in [3.63, 3.8) is 0 Å². The van der Waals surface area contributed by atoms with Crippen molar-refractivity contribution in [1.29, 1.82) is 0 Å². The molecule has 11 heteroatoms. The molecule has 0 radical (unpaired) electrons. The summed E-state index contributed by atoms with van der Waals surface area (Å²) in [5.41, 5.74) is 6.16. The molecule has 4 rings (SSSR count). The SMILES string of the molecule is CC1(C)C(/C=C/C=C2\N(CCCCS(=O)(=O)O)c3ccccc3C2(C)C)=[N+](CCCCS(=O)(=O)O)c2ccc(Br)cc21. The third-order valence-corrected chi connectivity index (χ3v) is 10.3. The molecule has 2 N–H and O–H groups in total. The van der Waals surface area contributed by atoms with Crippen molar-refractivity contribution < 1.29 is 30.5 Å². The van der Waals surface area contributed by atoms with E-state index in [4.69, 9.17) is 4.55 Å². The number of hydrogen-bond donors (Lipinski definition) is 2. The Morgan fingerprint density at radius 3 is 2.17 bits per heavy atom. The number of hydrogen-bond acceptors (Lipinski definition) is 5. The van der Waals surface area contributed by atoms with Crippen LogP contribution in [0.25, 0.3) is 0 Å². The number of rotatable bonds is 12. The highest BCUT2D eigenvalue weighted by molar-refractivity contribution is 9.10. The number of unbranched alkanes of at least 4 members (excludes halogenated alkanes) is 2. The van der Waals surface area contributed by atoms with Gasteiger partial charge in [-0.1, -0.05) is 54.1 Å². The molecule has 0 amide bonds. The van der Waals surface area contributed by atoms with Crippen LogP contribution in [0, 0.1) is 0 Å². The molecule has 0 unspecified atom stereocenters. The number of fused-ring (bicyclic) bond motifs is 2. The zero-order chi connectivity index (χ0) is 30.9. The van der Waals surface area contributed by atoms with Crippen LogP contribution in [-0.4, -0.2) is 60.8 Å². The van der Waals surface area contributed by atoms with Crippen molar-refractivity contribution in [2.75, 3.05) is 29.5 Å². The van der Waals surface area contributed by atoms with Crippen molar-refractivity contribution in [1.82, 2.24) is 0 Å². The van der Waals surface area contributed by atoms with E-state index < -0.39 is 20.2 Å². The molecular weight excluding hydrogens is 640 g/mol. The average molecular weight is 681 g/mol. The Morgan fingerprint density at radius 1 is 0.857 bits per heavy atom. The van der Waals surface area contributed by atoms with Crippen molar-refractivity contribution in [3.05, 3.63) is 82.0 Å². The molecule has 2 aliphatic heterocycles. The Hall–Kier alpha value is -2.31. The summed E-state index contributed by atoms with van der Waals surface area (Å²) in [6.45, 7) is 9.97. The van der Waals surface area contributed by atoms with Gasteiger partial charge in [0.25, 0.3) is 20.2 Å². The number of para-hydroxylation sites is 1. The number of benzene rings is 2.